The number of amides is 4. The first-order valence-electron chi connectivity index (χ1n) is 6.36. The number of nitrogens with zero attached hydrogens (tertiary/aromatic N) is 1. The molecule has 4 amide bonds. The molecule has 1 aliphatic rings. The molecule has 9 heteroatoms. The van der Waals surface area contributed by atoms with E-state index in [4.69, 9.17) is 0 Å². The summed E-state index contributed by atoms with van der Waals surface area (Å²) in [5.74, 6) is -1.63. The number of imide groups is 1. The number of anilines is 1. The fourth-order valence-electron chi connectivity index (χ4n) is 1.95. The molecule has 1 aliphatic heterocycles. The minimum Gasteiger partial charge on any atom is -0.465 e. The van der Waals surface area contributed by atoms with Crippen molar-refractivity contribution in [3.8, 4) is 0 Å². The molecule has 2 N–H and O–H groups in total. The van der Waals surface area contributed by atoms with Crippen LogP contribution in [-0.4, -0.2) is 47.9 Å². The Bertz CT molecular complexity index is 652. The molecule has 0 spiro atoms. The van der Waals surface area contributed by atoms with Crippen LogP contribution in [0.4, 0.5) is 10.5 Å². The van der Waals surface area contributed by atoms with Crippen molar-refractivity contribution in [2.24, 2.45) is 0 Å². The van der Waals surface area contributed by atoms with E-state index >= 15 is 0 Å². The standard InChI is InChI=1S/C13H15N3O5S/c1-13(2)11(19)16(12(20)15-13)6-8(17)14-7-4-5-22-9(7)10(18)21-3/h4-5H,6H2,1-3H3,(H,14,17)(H,15,20). The van der Waals surface area contributed by atoms with Gasteiger partial charge < -0.3 is 15.4 Å². The molecular weight excluding hydrogens is 310 g/mol. The molecule has 1 aromatic rings. The molecule has 0 aromatic carbocycles. The first-order valence-corrected chi connectivity index (χ1v) is 7.24. The molecule has 0 bridgehead atoms. The molecule has 118 valence electrons. The zero-order valence-electron chi connectivity index (χ0n) is 12.3. The van der Waals surface area contributed by atoms with Crippen molar-refractivity contribution in [3.63, 3.8) is 0 Å². The zero-order chi connectivity index (χ0) is 16.5. The van der Waals surface area contributed by atoms with E-state index < -0.39 is 35.9 Å². The van der Waals surface area contributed by atoms with Crippen LogP contribution in [0.2, 0.25) is 0 Å². The lowest BCUT2D eigenvalue weighted by Gasteiger charge is -2.15. The lowest BCUT2D eigenvalue weighted by atomic mass is 10.1. The Labute approximate surface area is 130 Å². The molecule has 0 radical (unpaired) electrons. The van der Waals surface area contributed by atoms with Crippen LogP contribution >= 0.6 is 11.3 Å². The summed E-state index contributed by atoms with van der Waals surface area (Å²) in [4.78, 5) is 48.3. The Morgan fingerprint density at radius 2 is 2.09 bits per heavy atom. The zero-order valence-corrected chi connectivity index (χ0v) is 13.1. The van der Waals surface area contributed by atoms with Crippen molar-refractivity contribution >= 4 is 40.8 Å². The smallest absolute Gasteiger partial charge is 0.350 e. The molecule has 0 atom stereocenters. The molecule has 0 saturated carbocycles. The van der Waals surface area contributed by atoms with E-state index in [2.05, 4.69) is 15.4 Å². The Hall–Kier alpha value is -2.42. The number of carbonyl (C=O) groups excluding carboxylic acids is 4. The molecule has 8 nitrogen and oxygen atoms in total. The van der Waals surface area contributed by atoms with Gasteiger partial charge in [0.05, 0.1) is 12.8 Å². The highest BCUT2D eigenvalue weighted by molar-refractivity contribution is 7.12. The van der Waals surface area contributed by atoms with Crippen molar-refractivity contribution in [1.29, 1.82) is 0 Å². The monoisotopic (exact) mass is 325 g/mol. The predicted molar refractivity (Wildman–Crippen MR) is 78.6 cm³/mol. The number of nitrogens with one attached hydrogen (secondary N) is 2. The highest BCUT2D eigenvalue weighted by Gasteiger charge is 2.44. The minimum atomic E-state index is -1.03. The third-order valence-electron chi connectivity index (χ3n) is 3.06. The summed E-state index contributed by atoms with van der Waals surface area (Å²) in [6.07, 6.45) is 0. The van der Waals surface area contributed by atoms with Crippen molar-refractivity contribution in [2.75, 3.05) is 19.0 Å². The summed E-state index contributed by atoms with van der Waals surface area (Å²) in [5, 5.41) is 6.60. The third-order valence-corrected chi connectivity index (χ3v) is 3.95. The van der Waals surface area contributed by atoms with E-state index in [1.807, 2.05) is 0 Å². The van der Waals surface area contributed by atoms with Gasteiger partial charge in [0.2, 0.25) is 5.91 Å². The van der Waals surface area contributed by atoms with Gasteiger partial charge in [-0.1, -0.05) is 0 Å². The van der Waals surface area contributed by atoms with Gasteiger partial charge in [-0.25, -0.2) is 9.59 Å². The van der Waals surface area contributed by atoms with Crippen molar-refractivity contribution in [2.45, 2.75) is 19.4 Å². The van der Waals surface area contributed by atoms with Crippen LogP contribution < -0.4 is 10.6 Å². The fraction of sp³-hybridized carbons (Fsp3) is 0.385. The van der Waals surface area contributed by atoms with E-state index in [0.717, 1.165) is 16.2 Å². The van der Waals surface area contributed by atoms with E-state index in [-0.39, 0.29) is 10.6 Å². The number of thiophene rings is 1. The SMILES string of the molecule is COC(=O)c1sccc1NC(=O)CN1C(=O)NC(C)(C)C1=O. The summed E-state index contributed by atoms with van der Waals surface area (Å²) >= 11 is 1.12. The molecule has 0 unspecified atom stereocenters. The number of methoxy groups -OCH3 is 1. The summed E-state index contributed by atoms with van der Waals surface area (Å²) in [6, 6.07) is 0.925. The molecule has 0 aliphatic carbocycles. The average molecular weight is 325 g/mol. The number of carbonyl (C=O) groups is 4. The molecule has 1 aromatic heterocycles. The van der Waals surface area contributed by atoms with Gasteiger partial charge in [-0.2, -0.15) is 0 Å². The third kappa shape index (κ3) is 2.93. The summed E-state index contributed by atoms with van der Waals surface area (Å²) in [6.45, 7) is 2.68. The number of ether oxygens (including phenoxy) is 1. The maximum Gasteiger partial charge on any atom is 0.350 e. The van der Waals surface area contributed by atoms with E-state index in [1.165, 1.54) is 7.11 Å². The van der Waals surface area contributed by atoms with Crippen LogP contribution in [0.15, 0.2) is 11.4 Å². The van der Waals surface area contributed by atoms with Gasteiger partial charge in [-0.05, 0) is 25.3 Å². The Balaban J connectivity index is 2.06. The topological polar surface area (TPSA) is 105 Å². The second kappa shape index (κ2) is 5.76. The fourth-order valence-corrected chi connectivity index (χ4v) is 2.72. The highest BCUT2D eigenvalue weighted by atomic mass is 32.1. The predicted octanol–water partition coefficient (Wildman–Crippen LogP) is 0.804. The molecule has 2 heterocycles. The summed E-state index contributed by atoms with van der Waals surface area (Å²) in [7, 11) is 1.24. The highest BCUT2D eigenvalue weighted by Crippen LogP contribution is 2.23. The number of rotatable bonds is 4. The molecule has 22 heavy (non-hydrogen) atoms. The van der Waals surface area contributed by atoms with Crippen LogP contribution in [0.25, 0.3) is 0 Å². The molecule has 1 saturated heterocycles. The van der Waals surface area contributed by atoms with Crippen molar-refractivity contribution in [3.05, 3.63) is 16.3 Å². The van der Waals surface area contributed by atoms with Crippen LogP contribution in [0, 0.1) is 0 Å². The lowest BCUT2D eigenvalue weighted by Crippen LogP contribution is -2.41. The maximum atomic E-state index is 12.0. The van der Waals surface area contributed by atoms with Gasteiger partial charge in [0, 0.05) is 0 Å². The lowest BCUT2D eigenvalue weighted by molar-refractivity contribution is -0.132. The van der Waals surface area contributed by atoms with Crippen LogP contribution in [0.1, 0.15) is 23.5 Å². The first-order chi connectivity index (χ1) is 10.3. The second-order valence-corrected chi connectivity index (χ2v) is 6.07. The van der Waals surface area contributed by atoms with E-state index in [9.17, 15) is 19.2 Å². The van der Waals surface area contributed by atoms with E-state index in [1.54, 1.807) is 25.3 Å². The quantitative estimate of drug-likeness (QED) is 0.629. The number of urea groups is 1. The second-order valence-electron chi connectivity index (χ2n) is 5.15. The summed E-state index contributed by atoms with van der Waals surface area (Å²) < 4.78 is 4.60. The Kier molecular flexibility index (Phi) is 4.18. The Morgan fingerprint density at radius 3 is 2.64 bits per heavy atom. The van der Waals surface area contributed by atoms with Crippen LogP contribution in [0.3, 0.4) is 0 Å². The van der Waals surface area contributed by atoms with Crippen LogP contribution in [0.5, 0.6) is 0 Å². The van der Waals surface area contributed by atoms with Gasteiger partial charge in [0.1, 0.15) is 17.0 Å². The maximum absolute atomic E-state index is 12.0. The molecule has 2 rings (SSSR count). The first kappa shape index (κ1) is 16.0. The summed E-state index contributed by atoms with van der Waals surface area (Å²) in [5.41, 5.74) is -0.745. The van der Waals surface area contributed by atoms with Crippen LogP contribution in [-0.2, 0) is 14.3 Å². The molecule has 1 fully saturated rings. The Morgan fingerprint density at radius 1 is 1.41 bits per heavy atom. The number of hydrogen-bond donors (Lipinski definition) is 2. The number of hydrogen-bond acceptors (Lipinski definition) is 6. The van der Waals surface area contributed by atoms with Gasteiger partial charge in [0.25, 0.3) is 5.91 Å². The normalized spacial score (nSPS) is 16.4. The average Bonchev–Trinajstić information content (AvgIpc) is 2.96. The van der Waals surface area contributed by atoms with E-state index in [0.29, 0.717) is 0 Å². The molecular formula is C13H15N3O5S. The van der Waals surface area contributed by atoms with Gasteiger partial charge in [-0.15, -0.1) is 11.3 Å². The largest absolute Gasteiger partial charge is 0.465 e. The minimum absolute atomic E-state index is 0.244. The van der Waals surface area contributed by atoms with Gasteiger partial charge in [0.15, 0.2) is 0 Å². The van der Waals surface area contributed by atoms with Gasteiger partial charge in [-0.3, -0.25) is 14.5 Å². The van der Waals surface area contributed by atoms with Crippen molar-refractivity contribution < 1.29 is 23.9 Å². The number of esters is 1. The van der Waals surface area contributed by atoms with Gasteiger partial charge >= 0.3 is 12.0 Å². The van der Waals surface area contributed by atoms with Crippen molar-refractivity contribution in [1.82, 2.24) is 10.2 Å².